The van der Waals surface area contributed by atoms with Gasteiger partial charge in [-0.2, -0.15) is 18.2 Å². The molecule has 0 aliphatic heterocycles. The van der Waals surface area contributed by atoms with Gasteiger partial charge in [-0.05, 0) is 31.2 Å². The monoisotopic (exact) mass is 412 g/mol. The molecule has 0 radical (unpaired) electrons. The summed E-state index contributed by atoms with van der Waals surface area (Å²) in [6, 6.07) is 9.20. The number of nitrogens with one attached hydrogen (secondary N) is 1. The molecule has 2 rings (SSSR count). The summed E-state index contributed by atoms with van der Waals surface area (Å²) in [7, 11) is -3.59. The molecule has 10 heteroatoms. The van der Waals surface area contributed by atoms with Crippen molar-refractivity contribution in [1.82, 2.24) is 9.29 Å². The van der Waals surface area contributed by atoms with Gasteiger partial charge >= 0.3 is 6.61 Å². The van der Waals surface area contributed by atoms with Crippen LogP contribution in [0.15, 0.2) is 52.6 Å². The predicted molar refractivity (Wildman–Crippen MR) is 103 cm³/mol. The van der Waals surface area contributed by atoms with Gasteiger partial charge in [0.15, 0.2) is 0 Å². The zero-order valence-electron chi connectivity index (χ0n) is 15.8. The number of hydrogen-bond acceptors (Lipinski definition) is 6. The third-order valence-electron chi connectivity index (χ3n) is 3.91. The van der Waals surface area contributed by atoms with Crippen LogP contribution in [0.5, 0.6) is 5.75 Å². The molecule has 2 aromatic rings. The van der Waals surface area contributed by atoms with E-state index in [-0.39, 0.29) is 10.6 Å². The molecule has 0 atom stereocenters. The Hall–Kier alpha value is -2.59. The van der Waals surface area contributed by atoms with Crippen molar-refractivity contribution in [3.05, 3.63) is 48.2 Å². The van der Waals surface area contributed by atoms with Gasteiger partial charge in [-0.3, -0.25) is 5.43 Å². The Morgan fingerprint density at radius 2 is 1.89 bits per heavy atom. The Morgan fingerprint density at radius 3 is 2.46 bits per heavy atom. The quantitative estimate of drug-likeness (QED) is 0.503. The first-order valence-electron chi connectivity index (χ1n) is 8.60. The van der Waals surface area contributed by atoms with E-state index in [1.54, 1.807) is 39.0 Å². The Bertz CT molecular complexity index is 915. The molecule has 0 unspecified atom stereocenters. The lowest BCUT2D eigenvalue weighted by Gasteiger charge is -2.18. The van der Waals surface area contributed by atoms with Crippen molar-refractivity contribution in [3.8, 4) is 5.75 Å². The number of ether oxygens (including phenoxy) is 1. The molecule has 0 saturated carbocycles. The van der Waals surface area contributed by atoms with Crippen molar-refractivity contribution < 1.29 is 21.9 Å². The average Bonchev–Trinajstić information content (AvgIpc) is 2.67. The topological polar surface area (TPSA) is 83.9 Å². The molecule has 1 heterocycles. The van der Waals surface area contributed by atoms with Crippen LogP contribution in [0.25, 0.3) is 0 Å². The number of aromatic nitrogens is 1. The summed E-state index contributed by atoms with van der Waals surface area (Å²) >= 11 is 0. The fraction of sp³-hybridized carbons (Fsp3) is 0.333. The lowest BCUT2D eigenvalue weighted by atomic mass is 10.1. The minimum atomic E-state index is -3.59. The van der Waals surface area contributed by atoms with E-state index in [1.807, 2.05) is 0 Å². The molecule has 0 amide bonds. The van der Waals surface area contributed by atoms with Crippen LogP contribution in [0.2, 0.25) is 0 Å². The van der Waals surface area contributed by atoms with Crippen molar-refractivity contribution >= 4 is 21.6 Å². The number of benzene rings is 1. The summed E-state index contributed by atoms with van der Waals surface area (Å²) in [5.74, 6) is 0.319. The van der Waals surface area contributed by atoms with Gasteiger partial charge in [0.05, 0.1) is 5.71 Å². The number of alkyl halides is 2. The van der Waals surface area contributed by atoms with Crippen LogP contribution in [0, 0.1) is 0 Å². The number of pyridine rings is 1. The SMILES string of the molecule is CCN(CC)S(=O)(=O)c1ccc(NN=C(C)c2ccccc2OC(F)F)nc1. The summed E-state index contributed by atoms with van der Waals surface area (Å²) in [6.45, 7) is 2.93. The summed E-state index contributed by atoms with van der Waals surface area (Å²) < 4.78 is 55.7. The van der Waals surface area contributed by atoms with E-state index < -0.39 is 16.6 Å². The Labute approximate surface area is 163 Å². The predicted octanol–water partition coefficient (Wildman–Crippen LogP) is 3.55. The lowest BCUT2D eigenvalue weighted by molar-refractivity contribution is -0.0499. The van der Waals surface area contributed by atoms with E-state index in [1.165, 1.54) is 28.7 Å². The zero-order valence-corrected chi connectivity index (χ0v) is 16.6. The van der Waals surface area contributed by atoms with Gasteiger partial charge in [-0.25, -0.2) is 13.4 Å². The Kier molecular flexibility index (Phi) is 7.41. The molecule has 0 spiro atoms. The first-order chi connectivity index (χ1) is 13.3. The minimum Gasteiger partial charge on any atom is -0.434 e. The van der Waals surface area contributed by atoms with E-state index in [9.17, 15) is 17.2 Å². The van der Waals surface area contributed by atoms with E-state index >= 15 is 0 Å². The normalized spacial score (nSPS) is 12.5. The maximum absolute atomic E-state index is 12.5. The number of para-hydroxylation sites is 1. The van der Waals surface area contributed by atoms with Gasteiger partial charge < -0.3 is 4.74 Å². The first kappa shape index (κ1) is 21.7. The smallest absolute Gasteiger partial charge is 0.387 e. The van der Waals surface area contributed by atoms with Gasteiger partial charge in [0, 0.05) is 24.8 Å². The van der Waals surface area contributed by atoms with Crippen LogP contribution in [-0.4, -0.2) is 43.1 Å². The zero-order chi connectivity index (χ0) is 20.7. The van der Waals surface area contributed by atoms with Gasteiger partial charge in [-0.15, -0.1) is 0 Å². The second-order valence-electron chi connectivity index (χ2n) is 5.65. The van der Waals surface area contributed by atoms with Gasteiger partial charge in [0.2, 0.25) is 10.0 Å². The van der Waals surface area contributed by atoms with Crippen LogP contribution in [-0.2, 0) is 10.0 Å². The maximum Gasteiger partial charge on any atom is 0.387 e. The van der Waals surface area contributed by atoms with Crippen molar-refractivity contribution in [2.75, 3.05) is 18.5 Å². The van der Waals surface area contributed by atoms with Crippen molar-refractivity contribution in [3.63, 3.8) is 0 Å². The fourth-order valence-electron chi connectivity index (χ4n) is 2.48. The summed E-state index contributed by atoms with van der Waals surface area (Å²) in [5, 5.41) is 4.11. The van der Waals surface area contributed by atoms with E-state index in [2.05, 4.69) is 20.2 Å². The number of rotatable bonds is 9. The molecule has 7 nitrogen and oxygen atoms in total. The number of anilines is 1. The summed E-state index contributed by atoms with van der Waals surface area (Å²) in [6.07, 6.45) is 1.24. The highest BCUT2D eigenvalue weighted by Gasteiger charge is 2.21. The molecule has 0 aliphatic rings. The largest absolute Gasteiger partial charge is 0.434 e. The minimum absolute atomic E-state index is 0.00849. The highest BCUT2D eigenvalue weighted by atomic mass is 32.2. The number of nitrogens with zero attached hydrogens (tertiary/aromatic N) is 3. The number of sulfonamides is 1. The third-order valence-corrected chi connectivity index (χ3v) is 5.94. The van der Waals surface area contributed by atoms with E-state index in [0.29, 0.717) is 30.2 Å². The summed E-state index contributed by atoms with van der Waals surface area (Å²) in [5.41, 5.74) is 3.48. The first-order valence-corrected chi connectivity index (χ1v) is 10.0. The highest BCUT2D eigenvalue weighted by molar-refractivity contribution is 7.89. The molecule has 28 heavy (non-hydrogen) atoms. The van der Waals surface area contributed by atoms with Crippen molar-refractivity contribution in [1.29, 1.82) is 0 Å². The van der Waals surface area contributed by atoms with Gasteiger partial charge in [0.1, 0.15) is 16.5 Å². The summed E-state index contributed by atoms with van der Waals surface area (Å²) in [4.78, 5) is 4.14. The Balaban J connectivity index is 2.17. The number of hydrazone groups is 1. The molecule has 0 bridgehead atoms. The van der Waals surface area contributed by atoms with Gasteiger partial charge in [-0.1, -0.05) is 26.0 Å². The number of halogens is 2. The van der Waals surface area contributed by atoms with Crippen LogP contribution < -0.4 is 10.2 Å². The molecule has 152 valence electrons. The average molecular weight is 412 g/mol. The third kappa shape index (κ3) is 5.23. The molecule has 0 fully saturated rings. The van der Waals surface area contributed by atoms with Crippen molar-refractivity contribution in [2.24, 2.45) is 5.10 Å². The molecule has 1 aromatic carbocycles. The second kappa shape index (κ2) is 9.56. The highest BCUT2D eigenvalue weighted by Crippen LogP contribution is 2.21. The molecular formula is C18H22F2N4O3S. The van der Waals surface area contributed by atoms with Crippen LogP contribution >= 0.6 is 0 Å². The van der Waals surface area contributed by atoms with Crippen molar-refractivity contribution in [2.45, 2.75) is 32.3 Å². The fourth-order valence-corrected chi connectivity index (χ4v) is 3.88. The van der Waals surface area contributed by atoms with Crippen LogP contribution in [0.3, 0.4) is 0 Å². The second-order valence-corrected chi connectivity index (χ2v) is 7.59. The van der Waals surface area contributed by atoms with Crippen LogP contribution in [0.4, 0.5) is 14.6 Å². The molecule has 1 N–H and O–H groups in total. The molecule has 0 aliphatic carbocycles. The molecular weight excluding hydrogens is 390 g/mol. The Morgan fingerprint density at radius 1 is 1.21 bits per heavy atom. The molecule has 1 aromatic heterocycles. The van der Waals surface area contributed by atoms with Crippen LogP contribution in [0.1, 0.15) is 26.3 Å². The van der Waals surface area contributed by atoms with Gasteiger partial charge in [0.25, 0.3) is 0 Å². The molecule has 0 saturated heterocycles. The number of hydrogen-bond donors (Lipinski definition) is 1. The van der Waals surface area contributed by atoms with E-state index in [0.717, 1.165) is 0 Å². The standard InChI is InChI=1S/C18H22F2N4O3S/c1-4-24(5-2)28(25,26)14-10-11-17(21-12-14)23-22-13(3)15-8-6-7-9-16(15)27-18(19)20/h6-12,18H,4-5H2,1-3H3,(H,21,23). The van der Waals surface area contributed by atoms with E-state index in [4.69, 9.17) is 0 Å². The maximum atomic E-state index is 12.5. The lowest BCUT2D eigenvalue weighted by Crippen LogP contribution is -2.30.